The van der Waals surface area contributed by atoms with E-state index in [0.29, 0.717) is 5.92 Å². The minimum Gasteiger partial charge on any atom is -0.388 e. The van der Waals surface area contributed by atoms with E-state index in [1.165, 1.54) is 12.8 Å². The second kappa shape index (κ2) is 1.56. The molecule has 2 saturated carbocycles. The molecule has 0 aliphatic heterocycles. The van der Waals surface area contributed by atoms with Crippen LogP contribution in [0, 0.1) is 5.92 Å². The minimum absolute atomic E-state index is 0.214. The number of hydrogen-bond acceptors (Lipinski definition) is 2. The van der Waals surface area contributed by atoms with E-state index in [1.807, 2.05) is 6.92 Å². The van der Waals surface area contributed by atoms with Gasteiger partial charge < -0.3 is 10.8 Å². The van der Waals surface area contributed by atoms with Crippen LogP contribution in [0.3, 0.4) is 0 Å². The molecule has 1 atom stereocenters. The summed E-state index contributed by atoms with van der Waals surface area (Å²) in [5.74, 6) is 0.500. The van der Waals surface area contributed by atoms with Crippen LogP contribution in [0.4, 0.5) is 0 Å². The van der Waals surface area contributed by atoms with Gasteiger partial charge in [0.2, 0.25) is 0 Å². The van der Waals surface area contributed by atoms with Crippen molar-refractivity contribution in [2.45, 2.75) is 43.7 Å². The van der Waals surface area contributed by atoms with Crippen LogP contribution in [-0.2, 0) is 0 Å². The molecule has 3 N–H and O–H groups in total. The van der Waals surface area contributed by atoms with E-state index in [4.69, 9.17) is 5.73 Å². The first-order valence-corrected chi connectivity index (χ1v) is 4.07. The lowest BCUT2D eigenvalue weighted by Crippen LogP contribution is -2.49. The van der Waals surface area contributed by atoms with Crippen molar-refractivity contribution >= 4 is 0 Å². The highest BCUT2D eigenvalue weighted by Gasteiger charge is 2.59. The number of nitrogens with two attached hydrogens (primary N) is 1. The fourth-order valence-corrected chi connectivity index (χ4v) is 1.69. The Bertz CT molecular complexity index is 157. The minimum atomic E-state index is -0.562. The lowest BCUT2D eigenvalue weighted by atomic mass is 9.89. The summed E-state index contributed by atoms with van der Waals surface area (Å²) >= 11 is 0. The van der Waals surface area contributed by atoms with Gasteiger partial charge in [0.1, 0.15) is 0 Å². The van der Waals surface area contributed by atoms with Crippen molar-refractivity contribution in [3.63, 3.8) is 0 Å². The molecule has 2 fully saturated rings. The Kier molecular flexibility index (Phi) is 1.03. The van der Waals surface area contributed by atoms with Gasteiger partial charge in [-0.25, -0.2) is 0 Å². The molecule has 2 rings (SSSR count). The summed E-state index contributed by atoms with van der Waals surface area (Å²) < 4.78 is 0. The summed E-state index contributed by atoms with van der Waals surface area (Å²) in [5, 5.41) is 9.93. The molecule has 0 aromatic carbocycles. The van der Waals surface area contributed by atoms with Crippen molar-refractivity contribution in [1.82, 2.24) is 0 Å². The maximum atomic E-state index is 9.93. The Labute approximate surface area is 61.4 Å². The molecule has 2 nitrogen and oxygen atoms in total. The van der Waals surface area contributed by atoms with Crippen LogP contribution >= 0.6 is 0 Å². The van der Waals surface area contributed by atoms with Gasteiger partial charge in [0.05, 0.1) is 5.60 Å². The predicted octanol–water partition coefficient (Wildman–Crippen LogP) is 0.639. The molecule has 1 unspecified atom stereocenters. The average molecular weight is 141 g/mol. The smallest absolute Gasteiger partial charge is 0.0826 e. The lowest BCUT2D eigenvalue weighted by Gasteiger charge is -2.30. The number of aliphatic hydroxyl groups is 1. The Morgan fingerprint density at radius 2 is 2.00 bits per heavy atom. The monoisotopic (exact) mass is 141 g/mol. The van der Waals surface area contributed by atoms with Crippen molar-refractivity contribution in [1.29, 1.82) is 0 Å². The summed E-state index contributed by atoms with van der Waals surface area (Å²) in [5.41, 5.74) is 5.14. The van der Waals surface area contributed by atoms with Crippen LogP contribution in [0.15, 0.2) is 0 Å². The Balaban J connectivity index is 2.11. The first kappa shape index (κ1) is 6.62. The van der Waals surface area contributed by atoms with Gasteiger partial charge in [-0.1, -0.05) is 0 Å². The molecule has 0 bridgehead atoms. The van der Waals surface area contributed by atoms with E-state index in [1.54, 1.807) is 0 Å². The van der Waals surface area contributed by atoms with E-state index in [-0.39, 0.29) is 5.54 Å². The topological polar surface area (TPSA) is 46.2 Å². The van der Waals surface area contributed by atoms with Crippen LogP contribution in [-0.4, -0.2) is 16.2 Å². The maximum absolute atomic E-state index is 9.93. The van der Waals surface area contributed by atoms with Crippen LogP contribution in [0.25, 0.3) is 0 Å². The van der Waals surface area contributed by atoms with Gasteiger partial charge in [0.15, 0.2) is 0 Å². The molecular formula is C8H15NO. The van der Waals surface area contributed by atoms with Crippen LogP contribution in [0.1, 0.15) is 32.6 Å². The van der Waals surface area contributed by atoms with E-state index < -0.39 is 5.60 Å². The number of hydrogen-bond donors (Lipinski definition) is 2. The standard InChI is InChI=1S/C8H15NO/c1-7(10,6-2-3-6)8(9)4-5-8/h6,10H,2-5,9H2,1H3. The molecule has 0 spiro atoms. The molecule has 0 aromatic rings. The summed E-state index contributed by atoms with van der Waals surface area (Å²) in [6, 6.07) is 0. The predicted molar refractivity (Wildman–Crippen MR) is 39.5 cm³/mol. The second-order valence-corrected chi connectivity index (χ2v) is 4.08. The van der Waals surface area contributed by atoms with Gasteiger partial charge in [-0.05, 0) is 38.5 Å². The lowest BCUT2D eigenvalue weighted by molar-refractivity contribution is 0.000618. The van der Waals surface area contributed by atoms with Crippen molar-refractivity contribution in [2.24, 2.45) is 11.7 Å². The van der Waals surface area contributed by atoms with E-state index >= 15 is 0 Å². The molecule has 0 amide bonds. The van der Waals surface area contributed by atoms with Gasteiger partial charge in [-0.2, -0.15) is 0 Å². The molecular weight excluding hydrogens is 126 g/mol. The summed E-state index contributed by atoms with van der Waals surface area (Å²) in [6.07, 6.45) is 4.37. The van der Waals surface area contributed by atoms with Gasteiger partial charge in [0, 0.05) is 5.54 Å². The first-order chi connectivity index (χ1) is 4.56. The maximum Gasteiger partial charge on any atom is 0.0826 e. The van der Waals surface area contributed by atoms with Crippen molar-refractivity contribution in [2.75, 3.05) is 0 Å². The fourth-order valence-electron chi connectivity index (χ4n) is 1.69. The Morgan fingerprint density at radius 3 is 2.30 bits per heavy atom. The molecule has 0 aromatic heterocycles. The normalized spacial score (nSPS) is 35.1. The summed E-state index contributed by atoms with van der Waals surface area (Å²) in [7, 11) is 0. The zero-order valence-corrected chi connectivity index (χ0v) is 6.43. The van der Waals surface area contributed by atoms with E-state index in [0.717, 1.165) is 12.8 Å². The van der Waals surface area contributed by atoms with E-state index in [2.05, 4.69) is 0 Å². The molecule has 10 heavy (non-hydrogen) atoms. The van der Waals surface area contributed by atoms with Gasteiger partial charge in [-0.3, -0.25) is 0 Å². The van der Waals surface area contributed by atoms with E-state index in [9.17, 15) is 5.11 Å². The third-order valence-corrected chi connectivity index (χ3v) is 3.17. The SMILES string of the molecule is CC(O)(C1CC1)C1(N)CC1. The Morgan fingerprint density at radius 1 is 1.50 bits per heavy atom. The largest absolute Gasteiger partial charge is 0.388 e. The summed E-state index contributed by atoms with van der Waals surface area (Å²) in [6.45, 7) is 1.90. The fraction of sp³-hybridized carbons (Fsp3) is 1.00. The molecule has 58 valence electrons. The van der Waals surface area contributed by atoms with Crippen molar-refractivity contribution < 1.29 is 5.11 Å². The van der Waals surface area contributed by atoms with Crippen molar-refractivity contribution in [3.8, 4) is 0 Å². The molecule has 0 saturated heterocycles. The zero-order valence-electron chi connectivity index (χ0n) is 6.43. The highest BCUT2D eigenvalue weighted by Crippen LogP contribution is 2.53. The molecule has 0 radical (unpaired) electrons. The number of rotatable bonds is 2. The second-order valence-electron chi connectivity index (χ2n) is 4.08. The molecule has 2 heteroatoms. The quantitative estimate of drug-likeness (QED) is 0.592. The first-order valence-electron chi connectivity index (χ1n) is 4.07. The zero-order chi connectivity index (χ0) is 7.41. The highest BCUT2D eigenvalue weighted by atomic mass is 16.3. The average Bonchev–Trinajstić information content (AvgIpc) is 2.55. The van der Waals surface area contributed by atoms with Crippen LogP contribution < -0.4 is 5.73 Å². The van der Waals surface area contributed by atoms with Gasteiger partial charge in [-0.15, -0.1) is 0 Å². The third-order valence-electron chi connectivity index (χ3n) is 3.17. The highest BCUT2D eigenvalue weighted by molar-refractivity contribution is 5.16. The van der Waals surface area contributed by atoms with Gasteiger partial charge in [0.25, 0.3) is 0 Å². The van der Waals surface area contributed by atoms with Gasteiger partial charge >= 0.3 is 0 Å². The Hall–Kier alpha value is -0.0800. The van der Waals surface area contributed by atoms with Crippen LogP contribution in [0.5, 0.6) is 0 Å². The molecule has 2 aliphatic carbocycles. The molecule has 0 heterocycles. The third kappa shape index (κ3) is 0.722. The van der Waals surface area contributed by atoms with Crippen molar-refractivity contribution in [3.05, 3.63) is 0 Å². The molecule has 2 aliphatic rings. The van der Waals surface area contributed by atoms with Crippen LogP contribution in [0.2, 0.25) is 0 Å². The summed E-state index contributed by atoms with van der Waals surface area (Å²) in [4.78, 5) is 0.